The van der Waals surface area contributed by atoms with Gasteiger partial charge in [0.05, 0.1) is 12.3 Å². The minimum absolute atomic E-state index is 0.107. The highest BCUT2D eigenvalue weighted by Gasteiger charge is 2.35. The van der Waals surface area contributed by atoms with Crippen LogP contribution in [0.15, 0.2) is 18.2 Å². The Kier molecular flexibility index (Phi) is 3.46. The zero-order valence-electron chi connectivity index (χ0n) is 11.3. The van der Waals surface area contributed by atoms with Gasteiger partial charge in [0, 0.05) is 25.2 Å². The van der Waals surface area contributed by atoms with Crippen LogP contribution in [0.5, 0.6) is 0 Å². The standard InChI is InChI=1S/C15H21FN2O/c1-17-12-3-4-13(17)9-18(7-6-12)15-5-2-11(10-19)8-14(15)16/h2,5,8,12-13,19H,3-4,6-7,9-10H2,1H3. The summed E-state index contributed by atoms with van der Waals surface area (Å²) in [4.78, 5) is 4.62. The first kappa shape index (κ1) is 12.9. The fourth-order valence-corrected chi connectivity index (χ4v) is 3.43. The summed E-state index contributed by atoms with van der Waals surface area (Å²) in [6.07, 6.45) is 3.60. The molecular formula is C15H21FN2O. The van der Waals surface area contributed by atoms with Gasteiger partial charge in [0.15, 0.2) is 0 Å². The number of aliphatic hydroxyl groups is 1. The third-order valence-corrected chi connectivity index (χ3v) is 4.68. The van der Waals surface area contributed by atoms with Crippen molar-refractivity contribution in [2.75, 3.05) is 25.0 Å². The number of benzene rings is 1. The van der Waals surface area contributed by atoms with Gasteiger partial charge in [0.2, 0.25) is 0 Å². The van der Waals surface area contributed by atoms with E-state index in [4.69, 9.17) is 5.11 Å². The Hall–Kier alpha value is -1.13. The lowest BCUT2D eigenvalue weighted by Gasteiger charge is -2.28. The summed E-state index contributed by atoms with van der Waals surface area (Å²) in [6, 6.07) is 6.27. The van der Waals surface area contributed by atoms with Crippen LogP contribution in [0.25, 0.3) is 0 Å². The molecule has 104 valence electrons. The van der Waals surface area contributed by atoms with E-state index in [1.165, 1.54) is 18.9 Å². The molecule has 3 rings (SSSR count). The number of hydrogen-bond donors (Lipinski definition) is 1. The van der Waals surface area contributed by atoms with E-state index in [9.17, 15) is 4.39 Å². The van der Waals surface area contributed by atoms with Gasteiger partial charge in [-0.25, -0.2) is 4.39 Å². The molecule has 2 saturated heterocycles. The van der Waals surface area contributed by atoms with Crippen LogP contribution in [0.2, 0.25) is 0 Å². The molecule has 2 aliphatic rings. The van der Waals surface area contributed by atoms with Crippen LogP contribution in [0.1, 0.15) is 24.8 Å². The van der Waals surface area contributed by atoms with Gasteiger partial charge in [0.25, 0.3) is 0 Å². The summed E-state index contributed by atoms with van der Waals surface area (Å²) >= 11 is 0. The Bertz CT molecular complexity index is 465. The third-order valence-electron chi connectivity index (χ3n) is 4.68. The molecule has 0 amide bonds. The molecule has 0 radical (unpaired) electrons. The van der Waals surface area contributed by atoms with Gasteiger partial charge in [0.1, 0.15) is 5.82 Å². The molecule has 2 bridgehead atoms. The fraction of sp³-hybridized carbons (Fsp3) is 0.600. The highest BCUT2D eigenvalue weighted by atomic mass is 19.1. The van der Waals surface area contributed by atoms with Gasteiger partial charge in [-0.3, -0.25) is 4.90 Å². The number of anilines is 1. The molecule has 0 saturated carbocycles. The van der Waals surface area contributed by atoms with Gasteiger partial charge in [-0.2, -0.15) is 0 Å². The zero-order valence-corrected chi connectivity index (χ0v) is 11.3. The highest BCUT2D eigenvalue weighted by Crippen LogP contribution is 2.31. The second-order valence-corrected chi connectivity index (χ2v) is 5.73. The predicted molar refractivity (Wildman–Crippen MR) is 73.7 cm³/mol. The van der Waals surface area contributed by atoms with Crippen molar-refractivity contribution in [1.29, 1.82) is 0 Å². The normalized spacial score (nSPS) is 27.6. The summed E-state index contributed by atoms with van der Waals surface area (Å²) in [5.41, 5.74) is 1.31. The molecule has 0 spiro atoms. The average Bonchev–Trinajstić information content (AvgIpc) is 2.64. The van der Waals surface area contributed by atoms with Crippen LogP contribution in [-0.2, 0) is 6.61 Å². The molecule has 1 N–H and O–H groups in total. The molecule has 0 aromatic heterocycles. The molecule has 1 aromatic rings. The lowest BCUT2D eigenvalue weighted by Crippen LogP contribution is -2.36. The number of fused-ring (bicyclic) bond motifs is 2. The fourth-order valence-electron chi connectivity index (χ4n) is 3.43. The second kappa shape index (κ2) is 5.10. The number of likely N-dealkylation sites (N-methyl/N-ethyl adjacent to an activating group) is 1. The minimum atomic E-state index is -0.216. The molecule has 2 unspecified atom stereocenters. The average molecular weight is 264 g/mol. The maximum atomic E-state index is 14.1. The largest absolute Gasteiger partial charge is 0.392 e. The third kappa shape index (κ3) is 2.35. The summed E-state index contributed by atoms with van der Waals surface area (Å²) < 4.78 is 14.1. The van der Waals surface area contributed by atoms with Gasteiger partial charge in [-0.05, 0) is 44.0 Å². The molecule has 0 aliphatic carbocycles. The Morgan fingerprint density at radius 3 is 2.79 bits per heavy atom. The molecule has 2 heterocycles. The molecule has 19 heavy (non-hydrogen) atoms. The van der Waals surface area contributed by atoms with E-state index in [-0.39, 0.29) is 12.4 Å². The van der Waals surface area contributed by atoms with Crippen molar-refractivity contribution in [2.24, 2.45) is 0 Å². The lowest BCUT2D eigenvalue weighted by atomic mass is 10.1. The lowest BCUT2D eigenvalue weighted by molar-refractivity contribution is 0.254. The van der Waals surface area contributed by atoms with Crippen LogP contribution in [-0.4, -0.2) is 42.2 Å². The van der Waals surface area contributed by atoms with E-state index in [0.29, 0.717) is 23.3 Å². The molecule has 2 fully saturated rings. The smallest absolute Gasteiger partial charge is 0.146 e. The maximum absolute atomic E-state index is 14.1. The molecule has 3 nitrogen and oxygen atoms in total. The Morgan fingerprint density at radius 1 is 1.26 bits per heavy atom. The number of hydrogen-bond acceptors (Lipinski definition) is 3. The van der Waals surface area contributed by atoms with Crippen LogP contribution < -0.4 is 4.90 Å². The van der Waals surface area contributed by atoms with Crippen molar-refractivity contribution in [2.45, 2.75) is 38.0 Å². The van der Waals surface area contributed by atoms with Crippen molar-refractivity contribution in [1.82, 2.24) is 4.90 Å². The number of rotatable bonds is 2. The molecule has 4 heteroatoms. The van der Waals surface area contributed by atoms with Crippen molar-refractivity contribution in [3.05, 3.63) is 29.6 Å². The monoisotopic (exact) mass is 264 g/mol. The van der Waals surface area contributed by atoms with Gasteiger partial charge in [-0.1, -0.05) is 6.07 Å². The van der Waals surface area contributed by atoms with Gasteiger partial charge >= 0.3 is 0 Å². The Labute approximate surface area is 113 Å². The van der Waals surface area contributed by atoms with Gasteiger partial charge < -0.3 is 10.0 Å². The molecule has 1 aromatic carbocycles. The number of aliphatic hydroxyl groups excluding tert-OH is 1. The van der Waals surface area contributed by atoms with Crippen LogP contribution in [0.4, 0.5) is 10.1 Å². The minimum Gasteiger partial charge on any atom is -0.392 e. The number of halogens is 1. The van der Waals surface area contributed by atoms with Crippen molar-refractivity contribution in [3.63, 3.8) is 0 Å². The summed E-state index contributed by atoms with van der Waals surface area (Å²) in [5, 5.41) is 9.04. The summed E-state index contributed by atoms with van der Waals surface area (Å²) in [7, 11) is 2.19. The number of nitrogens with zero attached hydrogens (tertiary/aromatic N) is 2. The van der Waals surface area contributed by atoms with Gasteiger partial charge in [-0.15, -0.1) is 0 Å². The second-order valence-electron chi connectivity index (χ2n) is 5.73. The first-order chi connectivity index (χ1) is 9.19. The maximum Gasteiger partial charge on any atom is 0.146 e. The van der Waals surface area contributed by atoms with Crippen molar-refractivity contribution < 1.29 is 9.50 Å². The van der Waals surface area contributed by atoms with E-state index in [1.807, 2.05) is 6.07 Å². The van der Waals surface area contributed by atoms with Crippen molar-refractivity contribution in [3.8, 4) is 0 Å². The SMILES string of the molecule is CN1C2CCC1CN(c1ccc(CO)cc1F)CC2. The highest BCUT2D eigenvalue weighted by molar-refractivity contribution is 5.49. The molecular weight excluding hydrogens is 243 g/mol. The summed E-state index contributed by atoms with van der Waals surface area (Å²) in [6.45, 7) is 1.72. The zero-order chi connectivity index (χ0) is 13.4. The predicted octanol–water partition coefficient (Wildman–Crippen LogP) is 1.99. The van der Waals surface area contributed by atoms with E-state index >= 15 is 0 Å². The van der Waals surface area contributed by atoms with Crippen molar-refractivity contribution >= 4 is 5.69 Å². The Morgan fingerprint density at radius 2 is 2.05 bits per heavy atom. The van der Waals surface area contributed by atoms with Crippen LogP contribution in [0.3, 0.4) is 0 Å². The topological polar surface area (TPSA) is 26.7 Å². The van der Waals surface area contributed by atoms with E-state index < -0.39 is 0 Å². The Balaban J connectivity index is 1.82. The molecule has 2 aliphatic heterocycles. The van der Waals surface area contributed by atoms with E-state index in [2.05, 4.69) is 16.8 Å². The van der Waals surface area contributed by atoms with E-state index in [0.717, 1.165) is 19.5 Å². The quantitative estimate of drug-likeness (QED) is 0.885. The first-order valence-electron chi connectivity index (χ1n) is 7.05. The van der Waals surface area contributed by atoms with Crippen LogP contribution in [0, 0.1) is 5.82 Å². The molecule has 2 atom stereocenters. The summed E-state index contributed by atoms with van der Waals surface area (Å²) in [5.74, 6) is -0.216. The van der Waals surface area contributed by atoms with Crippen LogP contribution >= 0.6 is 0 Å². The first-order valence-corrected chi connectivity index (χ1v) is 7.05. The van der Waals surface area contributed by atoms with E-state index in [1.54, 1.807) is 6.07 Å².